The Morgan fingerprint density at radius 2 is 2.04 bits per heavy atom. The highest BCUT2D eigenvalue weighted by atomic mass is 32.2. The lowest BCUT2D eigenvalue weighted by atomic mass is 10.3. The van der Waals surface area contributed by atoms with E-state index in [1.807, 2.05) is 0 Å². The molecule has 1 aromatic carbocycles. The SMILES string of the molecule is O=C(CSc1ncn[nH]1)N1CCN(S(=O)(=O)c2cccc(F)c2)CC1. The van der Waals surface area contributed by atoms with E-state index in [1.165, 1.54) is 40.6 Å². The third-order valence-electron chi connectivity index (χ3n) is 3.75. The molecule has 0 aliphatic carbocycles. The minimum absolute atomic E-state index is 0.0758. The van der Waals surface area contributed by atoms with Crippen molar-refractivity contribution in [3.05, 3.63) is 36.4 Å². The van der Waals surface area contributed by atoms with Crippen molar-refractivity contribution in [2.75, 3.05) is 31.9 Å². The van der Waals surface area contributed by atoms with Crippen LogP contribution >= 0.6 is 11.8 Å². The summed E-state index contributed by atoms with van der Waals surface area (Å²) in [4.78, 5) is 17.7. The fraction of sp³-hybridized carbons (Fsp3) is 0.357. The smallest absolute Gasteiger partial charge is 0.243 e. The van der Waals surface area contributed by atoms with Crippen LogP contribution in [0.25, 0.3) is 0 Å². The van der Waals surface area contributed by atoms with Crippen LogP contribution in [0, 0.1) is 5.82 Å². The third kappa shape index (κ3) is 4.17. The van der Waals surface area contributed by atoms with Crippen LogP contribution in [0.2, 0.25) is 0 Å². The molecular weight excluding hydrogens is 369 g/mol. The Kier molecular flexibility index (Phi) is 5.35. The van der Waals surface area contributed by atoms with E-state index < -0.39 is 15.8 Å². The number of benzene rings is 1. The lowest BCUT2D eigenvalue weighted by Gasteiger charge is -2.34. The number of piperazine rings is 1. The van der Waals surface area contributed by atoms with Gasteiger partial charge in [-0.25, -0.2) is 17.8 Å². The van der Waals surface area contributed by atoms with Crippen molar-refractivity contribution in [3.8, 4) is 0 Å². The zero-order chi connectivity index (χ0) is 17.9. The van der Waals surface area contributed by atoms with Crippen molar-refractivity contribution in [1.29, 1.82) is 0 Å². The first-order valence-electron chi connectivity index (χ1n) is 7.48. The summed E-state index contributed by atoms with van der Waals surface area (Å²) in [5, 5.41) is 6.92. The standard InChI is InChI=1S/C14H16FN5O3S2/c15-11-2-1-3-12(8-11)25(22,23)20-6-4-19(5-7-20)13(21)9-24-14-16-10-17-18-14/h1-3,8,10H,4-7,9H2,(H,16,17,18). The number of hydrogen-bond acceptors (Lipinski definition) is 6. The third-order valence-corrected chi connectivity index (χ3v) is 6.51. The molecule has 1 fully saturated rings. The highest BCUT2D eigenvalue weighted by Gasteiger charge is 2.30. The molecule has 0 atom stereocenters. The summed E-state index contributed by atoms with van der Waals surface area (Å²) in [6.45, 7) is 0.948. The number of nitrogens with one attached hydrogen (secondary N) is 1. The number of hydrogen-bond donors (Lipinski definition) is 1. The van der Waals surface area contributed by atoms with Crippen LogP contribution in [-0.2, 0) is 14.8 Å². The maximum absolute atomic E-state index is 13.3. The Labute approximate surface area is 148 Å². The van der Waals surface area contributed by atoms with Gasteiger partial charge < -0.3 is 4.90 Å². The van der Waals surface area contributed by atoms with Gasteiger partial charge in [0, 0.05) is 26.2 Å². The van der Waals surface area contributed by atoms with E-state index in [1.54, 1.807) is 4.90 Å². The largest absolute Gasteiger partial charge is 0.339 e. The molecule has 1 aliphatic heterocycles. The molecule has 11 heteroatoms. The van der Waals surface area contributed by atoms with Crippen LogP contribution in [0.3, 0.4) is 0 Å². The van der Waals surface area contributed by atoms with E-state index >= 15 is 0 Å². The number of aromatic nitrogens is 3. The fourth-order valence-corrected chi connectivity index (χ4v) is 4.58. The number of sulfonamides is 1. The van der Waals surface area contributed by atoms with E-state index in [4.69, 9.17) is 0 Å². The van der Waals surface area contributed by atoms with Crippen LogP contribution in [0.1, 0.15) is 0 Å². The van der Waals surface area contributed by atoms with E-state index in [-0.39, 0.29) is 29.6 Å². The van der Waals surface area contributed by atoms with Gasteiger partial charge in [-0.2, -0.15) is 9.40 Å². The lowest BCUT2D eigenvalue weighted by molar-refractivity contribution is -0.129. The van der Waals surface area contributed by atoms with Gasteiger partial charge in [-0.1, -0.05) is 17.8 Å². The van der Waals surface area contributed by atoms with Crippen LogP contribution in [0.15, 0.2) is 40.6 Å². The number of amides is 1. The average molecular weight is 385 g/mol. The Bertz CT molecular complexity index is 836. The van der Waals surface area contributed by atoms with Crippen molar-refractivity contribution >= 4 is 27.7 Å². The topological polar surface area (TPSA) is 99.3 Å². The predicted molar refractivity (Wildman–Crippen MR) is 88.8 cm³/mol. The molecule has 3 rings (SSSR count). The van der Waals surface area contributed by atoms with Gasteiger partial charge in [0.15, 0.2) is 5.16 Å². The number of halogens is 1. The van der Waals surface area contributed by atoms with Gasteiger partial charge in [0.2, 0.25) is 15.9 Å². The number of H-pyrrole nitrogens is 1. The number of nitrogens with zero attached hydrogens (tertiary/aromatic N) is 4. The van der Waals surface area contributed by atoms with Crippen LogP contribution in [0.4, 0.5) is 4.39 Å². The molecule has 1 aromatic heterocycles. The van der Waals surface area contributed by atoms with Gasteiger partial charge in [0.05, 0.1) is 10.6 Å². The highest BCUT2D eigenvalue weighted by Crippen LogP contribution is 2.19. The maximum atomic E-state index is 13.3. The molecule has 1 N–H and O–H groups in total. The zero-order valence-corrected chi connectivity index (χ0v) is 14.8. The molecular formula is C14H16FN5O3S2. The van der Waals surface area contributed by atoms with Gasteiger partial charge in [-0.15, -0.1) is 0 Å². The maximum Gasteiger partial charge on any atom is 0.243 e. The molecule has 1 aliphatic rings. The second-order valence-electron chi connectivity index (χ2n) is 5.32. The fourth-order valence-electron chi connectivity index (χ4n) is 2.44. The average Bonchev–Trinajstić information content (AvgIpc) is 3.13. The molecule has 25 heavy (non-hydrogen) atoms. The molecule has 0 bridgehead atoms. The van der Waals surface area contributed by atoms with Gasteiger partial charge >= 0.3 is 0 Å². The molecule has 2 aromatic rings. The Hall–Kier alpha value is -1.98. The molecule has 134 valence electrons. The van der Waals surface area contributed by atoms with E-state index in [9.17, 15) is 17.6 Å². The molecule has 0 unspecified atom stereocenters. The van der Waals surface area contributed by atoms with Crippen LogP contribution in [0.5, 0.6) is 0 Å². The second-order valence-corrected chi connectivity index (χ2v) is 8.22. The van der Waals surface area contributed by atoms with Gasteiger partial charge in [-0.3, -0.25) is 9.89 Å². The number of rotatable bonds is 5. The van der Waals surface area contributed by atoms with E-state index in [0.29, 0.717) is 18.2 Å². The van der Waals surface area contributed by atoms with Crippen LogP contribution < -0.4 is 0 Å². The summed E-state index contributed by atoms with van der Waals surface area (Å²) in [7, 11) is -3.75. The summed E-state index contributed by atoms with van der Waals surface area (Å²) in [6, 6.07) is 4.93. The lowest BCUT2D eigenvalue weighted by Crippen LogP contribution is -2.51. The Morgan fingerprint density at radius 1 is 1.28 bits per heavy atom. The normalized spacial score (nSPS) is 16.1. The summed E-state index contributed by atoms with van der Waals surface area (Å²) in [5.41, 5.74) is 0. The highest BCUT2D eigenvalue weighted by molar-refractivity contribution is 7.99. The first-order chi connectivity index (χ1) is 12.0. The van der Waals surface area contributed by atoms with Gasteiger partial charge in [0.1, 0.15) is 12.1 Å². The van der Waals surface area contributed by atoms with Crippen molar-refractivity contribution in [3.63, 3.8) is 0 Å². The summed E-state index contributed by atoms with van der Waals surface area (Å²) < 4.78 is 39.6. The molecule has 2 heterocycles. The minimum atomic E-state index is -3.75. The quantitative estimate of drug-likeness (QED) is 0.756. The molecule has 1 saturated heterocycles. The second kappa shape index (κ2) is 7.50. The van der Waals surface area contributed by atoms with Crippen molar-refractivity contribution in [2.45, 2.75) is 10.1 Å². The summed E-state index contributed by atoms with van der Waals surface area (Å²) in [5.74, 6) is -0.491. The monoisotopic (exact) mass is 385 g/mol. The van der Waals surface area contributed by atoms with E-state index in [2.05, 4.69) is 15.2 Å². The molecule has 0 spiro atoms. The van der Waals surface area contributed by atoms with E-state index in [0.717, 1.165) is 6.07 Å². The molecule has 8 nitrogen and oxygen atoms in total. The van der Waals surface area contributed by atoms with Crippen molar-refractivity contribution < 1.29 is 17.6 Å². The van der Waals surface area contributed by atoms with Crippen LogP contribution in [-0.4, -0.2) is 70.6 Å². The van der Waals surface area contributed by atoms with Crippen molar-refractivity contribution in [2.24, 2.45) is 0 Å². The number of carbonyl (C=O) groups is 1. The van der Waals surface area contributed by atoms with Gasteiger partial charge in [0.25, 0.3) is 0 Å². The number of thioether (sulfide) groups is 1. The first-order valence-corrected chi connectivity index (χ1v) is 9.91. The van der Waals surface area contributed by atoms with Crippen molar-refractivity contribution in [1.82, 2.24) is 24.4 Å². The first kappa shape index (κ1) is 17.8. The molecule has 0 saturated carbocycles. The molecule has 1 amide bonds. The Morgan fingerprint density at radius 3 is 2.68 bits per heavy atom. The van der Waals surface area contributed by atoms with Gasteiger partial charge in [-0.05, 0) is 18.2 Å². The number of carbonyl (C=O) groups excluding carboxylic acids is 1. The summed E-state index contributed by atoms with van der Waals surface area (Å²) >= 11 is 1.24. The minimum Gasteiger partial charge on any atom is -0.339 e. The zero-order valence-electron chi connectivity index (χ0n) is 13.1. The predicted octanol–water partition coefficient (Wildman–Crippen LogP) is 0.569. The summed E-state index contributed by atoms with van der Waals surface area (Å²) in [6.07, 6.45) is 1.36. The molecule has 0 radical (unpaired) electrons. The number of aromatic amines is 1. The Balaban J connectivity index is 1.57.